The zero-order chi connectivity index (χ0) is 13.3. The monoisotopic (exact) mass is 275 g/mol. The molecule has 1 saturated heterocycles. The van der Waals surface area contributed by atoms with E-state index in [0.717, 1.165) is 45.1 Å². The van der Waals surface area contributed by atoms with Crippen LogP contribution in [0.3, 0.4) is 0 Å². The summed E-state index contributed by atoms with van der Waals surface area (Å²) in [6, 6.07) is 0. The highest BCUT2D eigenvalue weighted by atomic mass is 32.2. The normalized spacial score (nSPS) is 19.6. The van der Waals surface area contributed by atoms with E-state index in [9.17, 15) is 0 Å². The summed E-state index contributed by atoms with van der Waals surface area (Å²) >= 11 is 1.92. The second-order valence-corrected chi connectivity index (χ2v) is 5.62. The van der Waals surface area contributed by atoms with Gasteiger partial charge in [-0.05, 0) is 19.1 Å². The quantitative estimate of drug-likeness (QED) is 0.425. The molecule has 18 heavy (non-hydrogen) atoms. The van der Waals surface area contributed by atoms with Crippen molar-refractivity contribution >= 4 is 17.7 Å². The second kappa shape index (κ2) is 8.61. The fraction of sp³-hybridized carbons (Fsp3) is 0.917. The lowest BCUT2D eigenvalue weighted by molar-refractivity contribution is 0.0782. The lowest BCUT2D eigenvalue weighted by atomic mass is 9.99. The van der Waals surface area contributed by atoms with Gasteiger partial charge in [-0.25, -0.2) is 0 Å². The van der Waals surface area contributed by atoms with Gasteiger partial charge in [-0.2, -0.15) is 11.8 Å². The molecule has 0 atom stereocenters. The van der Waals surface area contributed by atoms with Gasteiger partial charge in [0.2, 0.25) is 0 Å². The molecule has 106 valence electrons. The Kier molecular flexibility index (Phi) is 7.46. The first-order chi connectivity index (χ1) is 8.76. The first-order valence-electron chi connectivity index (χ1n) is 6.33. The lowest BCUT2D eigenvalue weighted by Crippen LogP contribution is -2.48. The van der Waals surface area contributed by atoms with Crippen molar-refractivity contribution in [1.29, 1.82) is 0 Å². The molecule has 0 bridgehead atoms. The highest BCUT2D eigenvalue weighted by molar-refractivity contribution is 8.00. The van der Waals surface area contributed by atoms with E-state index < -0.39 is 0 Å². The van der Waals surface area contributed by atoms with E-state index in [1.54, 1.807) is 14.2 Å². The van der Waals surface area contributed by atoms with Crippen LogP contribution in [0.4, 0.5) is 0 Å². The van der Waals surface area contributed by atoms with Crippen LogP contribution in [0.15, 0.2) is 4.99 Å². The molecule has 0 amide bonds. The summed E-state index contributed by atoms with van der Waals surface area (Å²) < 4.78 is 10.7. The van der Waals surface area contributed by atoms with Gasteiger partial charge in [0, 0.05) is 45.2 Å². The van der Waals surface area contributed by atoms with Crippen molar-refractivity contribution in [3.63, 3.8) is 0 Å². The summed E-state index contributed by atoms with van der Waals surface area (Å²) in [7, 11) is 3.49. The van der Waals surface area contributed by atoms with Crippen LogP contribution in [-0.2, 0) is 9.47 Å². The van der Waals surface area contributed by atoms with Gasteiger partial charge in [0.15, 0.2) is 5.96 Å². The molecule has 0 radical (unpaired) electrons. The van der Waals surface area contributed by atoms with Gasteiger partial charge in [-0.1, -0.05) is 0 Å². The Labute approximate surface area is 114 Å². The molecule has 1 rings (SSSR count). The molecule has 1 aliphatic heterocycles. The van der Waals surface area contributed by atoms with Gasteiger partial charge >= 0.3 is 0 Å². The number of hydrogen-bond acceptors (Lipinski definition) is 4. The number of guanidine groups is 1. The maximum absolute atomic E-state index is 5.44. The van der Waals surface area contributed by atoms with Crippen LogP contribution in [-0.4, -0.2) is 64.0 Å². The standard InChI is InChI=1S/C12H25N3O2S/c1-13-11(14-6-9-16-2)15-10-12(18-3)4-7-17-8-5-12/h4-10H2,1-3H3,(H2,13,14,15). The van der Waals surface area contributed by atoms with Crippen molar-refractivity contribution in [2.75, 3.05) is 53.3 Å². The fourth-order valence-electron chi connectivity index (χ4n) is 1.93. The summed E-state index contributed by atoms with van der Waals surface area (Å²) in [5, 5.41) is 6.62. The van der Waals surface area contributed by atoms with Gasteiger partial charge in [0.1, 0.15) is 0 Å². The third-order valence-corrected chi connectivity index (χ3v) is 4.66. The maximum atomic E-state index is 5.44. The fourth-order valence-corrected chi connectivity index (χ4v) is 2.72. The minimum Gasteiger partial charge on any atom is -0.383 e. The Morgan fingerprint density at radius 1 is 1.39 bits per heavy atom. The molecule has 6 heteroatoms. The zero-order valence-electron chi connectivity index (χ0n) is 11.6. The van der Waals surface area contributed by atoms with Crippen molar-refractivity contribution < 1.29 is 9.47 Å². The number of rotatable bonds is 6. The lowest BCUT2D eigenvalue weighted by Gasteiger charge is -2.36. The number of methoxy groups -OCH3 is 1. The molecule has 0 aromatic rings. The molecular formula is C12H25N3O2S. The Bertz CT molecular complexity index is 256. The van der Waals surface area contributed by atoms with Crippen molar-refractivity contribution in [2.45, 2.75) is 17.6 Å². The van der Waals surface area contributed by atoms with Gasteiger partial charge in [0.05, 0.1) is 6.61 Å². The van der Waals surface area contributed by atoms with Crippen LogP contribution in [0.5, 0.6) is 0 Å². The number of nitrogens with one attached hydrogen (secondary N) is 2. The first kappa shape index (κ1) is 15.6. The van der Waals surface area contributed by atoms with Crippen molar-refractivity contribution in [3.8, 4) is 0 Å². The first-order valence-corrected chi connectivity index (χ1v) is 7.55. The number of hydrogen-bond donors (Lipinski definition) is 2. The average Bonchev–Trinajstić information content (AvgIpc) is 2.43. The number of nitrogens with zero attached hydrogens (tertiary/aromatic N) is 1. The molecular weight excluding hydrogens is 250 g/mol. The van der Waals surface area contributed by atoms with E-state index in [4.69, 9.17) is 9.47 Å². The Morgan fingerprint density at radius 3 is 2.67 bits per heavy atom. The van der Waals surface area contributed by atoms with Crippen molar-refractivity contribution in [3.05, 3.63) is 0 Å². The molecule has 1 heterocycles. The van der Waals surface area contributed by atoms with E-state index in [1.807, 2.05) is 11.8 Å². The predicted octanol–water partition coefficient (Wildman–Crippen LogP) is 0.710. The third-order valence-electron chi connectivity index (χ3n) is 3.24. The molecule has 1 fully saturated rings. The van der Waals surface area contributed by atoms with Crippen LogP contribution in [0.2, 0.25) is 0 Å². The van der Waals surface area contributed by atoms with Crippen LogP contribution in [0.1, 0.15) is 12.8 Å². The largest absolute Gasteiger partial charge is 0.383 e. The molecule has 0 saturated carbocycles. The average molecular weight is 275 g/mol. The molecule has 0 spiro atoms. The summed E-state index contributed by atoms with van der Waals surface area (Å²) in [6.07, 6.45) is 4.36. The number of thioether (sulfide) groups is 1. The molecule has 0 aromatic heterocycles. The number of aliphatic imine (C=N–C) groups is 1. The van der Waals surface area contributed by atoms with Crippen molar-refractivity contribution in [2.24, 2.45) is 4.99 Å². The van der Waals surface area contributed by atoms with E-state index in [1.165, 1.54) is 0 Å². The van der Waals surface area contributed by atoms with Crippen LogP contribution >= 0.6 is 11.8 Å². The molecule has 5 nitrogen and oxygen atoms in total. The Hall–Kier alpha value is -0.460. The highest BCUT2D eigenvalue weighted by Crippen LogP contribution is 2.32. The van der Waals surface area contributed by atoms with E-state index in [2.05, 4.69) is 21.9 Å². The van der Waals surface area contributed by atoms with Gasteiger partial charge in [-0.3, -0.25) is 4.99 Å². The summed E-state index contributed by atoms with van der Waals surface area (Å²) in [4.78, 5) is 4.21. The summed E-state index contributed by atoms with van der Waals surface area (Å²) in [6.45, 7) is 4.09. The second-order valence-electron chi connectivity index (χ2n) is 4.34. The zero-order valence-corrected chi connectivity index (χ0v) is 12.4. The predicted molar refractivity (Wildman–Crippen MR) is 77.5 cm³/mol. The highest BCUT2D eigenvalue weighted by Gasteiger charge is 2.31. The topological polar surface area (TPSA) is 54.9 Å². The molecule has 0 unspecified atom stereocenters. The summed E-state index contributed by atoms with van der Waals surface area (Å²) in [5.74, 6) is 0.840. The van der Waals surface area contributed by atoms with Crippen LogP contribution in [0, 0.1) is 0 Å². The van der Waals surface area contributed by atoms with Crippen LogP contribution in [0.25, 0.3) is 0 Å². The molecule has 0 aliphatic carbocycles. The van der Waals surface area contributed by atoms with Gasteiger partial charge < -0.3 is 20.1 Å². The Morgan fingerprint density at radius 2 is 2.11 bits per heavy atom. The van der Waals surface area contributed by atoms with Gasteiger partial charge in [0.25, 0.3) is 0 Å². The maximum Gasteiger partial charge on any atom is 0.191 e. The molecule has 1 aliphatic rings. The SMILES string of the molecule is CN=C(NCCOC)NCC1(SC)CCOCC1. The minimum atomic E-state index is 0.275. The van der Waals surface area contributed by atoms with Crippen LogP contribution < -0.4 is 10.6 Å². The smallest absolute Gasteiger partial charge is 0.191 e. The van der Waals surface area contributed by atoms with Crippen molar-refractivity contribution in [1.82, 2.24) is 10.6 Å². The van der Waals surface area contributed by atoms with E-state index in [-0.39, 0.29) is 4.75 Å². The third kappa shape index (κ3) is 5.04. The van der Waals surface area contributed by atoms with Gasteiger partial charge in [-0.15, -0.1) is 0 Å². The van der Waals surface area contributed by atoms with E-state index in [0.29, 0.717) is 6.61 Å². The molecule has 2 N–H and O–H groups in total. The number of ether oxygens (including phenoxy) is 2. The summed E-state index contributed by atoms with van der Waals surface area (Å²) in [5.41, 5.74) is 0. The minimum absolute atomic E-state index is 0.275. The molecule has 0 aromatic carbocycles. The Balaban J connectivity index is 2.35. The van der Waals surface area contributed by atoms with E-state index >= 15 is 0 Å².